The van der Waals surface area contributed by atoms with E-state index in [-0.39, 0.29) is 0 Å². The monoisotopic (exact) mass is 262 g/mol. The third-order valence-electron chi connectivity index (χ3n) is 2.63. The molecule has 6 nitrogen and oxygen atoms in total. The number of hydrogen-bond donors (Lipinski definition) is 1. The first-order valence-electron chi connectivity index (χ1n) is 6.02. The van der Waals surface area contributed by atoms with Gasteiger partial charge in [-0.1, -0.05) is 11.3 Å². The minimum absolute atomic E-state index is 0.368. The zero-order chi connectivity index (χ0) is 13.7. The van der Waals surface area contributed by atoms with Crippen molar-refractivity contribution in [3.8, 4) is 11.5 Å². The average Bonchev–Trinajstić information content (AvgIpc) is 2.83. The highest BCUT2D eigenvalue weighted by molar-refractivity contribution is 5.43. The highest BCUT2D eigenvalue weighted by atomic mass is 16.5. The molecular formula is C13H18N4O2. The number of nitrogens with one attached hydrogen (secondary N) is 1. The fraction of sp³-hybridized carbons (Fsp3) is 0.385. The van der Waals surface area contributed by atoms with Gasteiger partial charge in [-0.25, -0.2) is 0 Å². The second kappa shape index (κ2) is 6.19. The molecule has 2 aromatic rings. The normalized spacial score (nSPS) is 10.5. The van der Waals surface area contributed by atoms with Gasteiger partial charge in [-0.15, -0.1) is 5.10 Å². The maximum absolute atomic E-state index is 5.75. The van der Waals surface area contributed by atoms with Crippen LogP contribution in [0.1, 0.15) is 11.3 Å². The van der Waals surface area contributed by atoms with Crippen LogP contribution in [0, 0.1) is 0 Å². The summed E-state index contributed by atoms with van der Waals surface area (Å²) in [5, 5.41) is 10.9. The van der Waals surface area contributed by atoms with Gasteiger partial charge in [0.25, 0.3) is 0 Å². The molecule has 0 radical (unpaired) electrons. The first-order chi connectivity index (χ1) is 9.22. The van der Waals surface area contributed by atoms with Crippen LogP contribution < -0.4 is 14.8 Å². The Kier molecular flexibility index (Phi) is 4.35. The molecule has 1 aromatic carbocycles. The summed E-state index contributed by atoms with van der Waals surface area (Å²) in [5.74, 6) is 1.42. The van der Waals surface area contributed by atoms with E-state index < -0.39 is 0 Å². The minimum atomic E-state index is 0.368. The smallest absolute Gasteiger partial charge is 0.162 e. The molecule has 0 fully saturated rings. The number of aryl methyl sites for hydroxylation is 1. The Morgan fingerprint density at radius 2 is 2.16 bits per heavy atom. The Balaban J connectivity index is 2.10. The van der Waals surface area contributed by atoms with Crippen LogP contribution in [0.15, 0.2) is 24.4 Å². The molecule has 0 amide bonds. The van der Waals surface area contributed by atoms with Crippen molar-refractivity contribution in [2.45, 2.75) is 13.2 Å². The fourth-order valence-electron chi connectivity index (χ4n) is 1.76. The first-order valence-corrected chi connectivity index (χ1v) is 6.02. The number of methoxy groups -OCH3 is 1. The topological polar surface area (TPSA) is 61.2 Å². The van der Waals surface area contributed by atoms with Crippen molar-refractivity contribution in [2.24, 2.45) is 7.05 Å². The van der Waals surface area contributed by atoms with E-state index in [1.54, 1.807) is 11.8 Å². The molecule has 102 valence electrons. The van der Waals surface area contributed by atoms with Crippen molar-refractivity contribution < 1.29 is 9.47 Å². The minimum Gasteiger partial charge on any atom is -0.493 e. The van der Waals surface area contributed by atoms with Crippen LogP contribution >= 0.6 is 0 Å². The predicted molar refractivity (Wildman–Crippen MR) is 71.1 cm³/mol. The summed E-state index contributed by atoms with van der Waals surface area (Å²) in [6, 6.07) is 5.87. The van der Waals surface area contributed by atoms with Gasteiger partial charge >= 0.3 is 0 Å². The van der Waals surface area contributed by atoms with Crippen molar-refractivity contribution in [3.63, 3.8) is 0 Å². The number of ether oxygens (including phenoxy) is 2. The Morgan fingerprint density at radius 1 is 1.32 bits per heavy atom. The second-order valence-electron chi connectivity index (χ2n) is 4.19. The summed E-state index contributed by atoms with van der Waals surface area (Å²) in [5.41, 5.74) is 1.92. The van der Waals surface area contributed by atoms with E-state index in [4.69, 9.17) is 9.47 Å². The largest absolute Gasteiger partial charge is 0.493 e. The van der Waals surface area contributed by atoms with E-state index in [0.29, 0.717) is 18.1 Å². The zero-order valence-electron chi connectivity index (χ0n) is 11.4. The van der Waals surface area contributed by atoms with Crippen LogP contribution in [0.25, 0.3) is 0 Å². The predicted octanol–water partition coefficient (Wildman–Crippen LogP) is 1.12. The highest BCUT2D eigenvalue weighted by Gasteiger charge is 2.07. The molecule has 0 saturated carbocycles. The molecule has 0 atom stereocenters. The van der Waals surface area contributed by atoms with Crippen LogP contribution in [0.5, 0.6) is 11.5 Å². The summed E-state index contributed by atoms with van der Waals surface area (Å²) in [6.07, 6.45) is 1.82. The van der Waals surface area contributed by atoms with Crippen LogP contribution in [-0.2, 0) is 20.2 Å². The number of nitrogens with zero attached hydrogens (tertiary/aromatic N) is 3. The van der Waals surface area contributed by atoms with E-state index in [1.807, 2.05) is 38.5 Å². The van der Waals surface area contributed by atoms with Gasteiger partial charge in [-0.2, -0.15) is 0 Å². The quantitative estimate of drug-likeness (QED) is 0.845. The average molecular weight is 262 g/mol. The van der Waals surface area contributed by atoms with E-state index in [0.717, 1.165) is 17.8 Å². The summed E-state index contributed by atoms with van der Waals surface area (Å²) in [7, 11) is 5.36. The van der Waals surface area contributed by atoms with Crippen LogP contribution in [-0.4, -0.2) is 29.2 Å². The lowest BCUT2D eigenvalue weighted by Gasteiger charge is -2.11. The Hall–Kier alpha value is -2.08. The Bertz CT molecular complexity index is 539. The van der Waals surface area contributed by atoms with Crippen molar-refractivity contribution in [1.29, 1.82) is 0 Å². The molecule has 6 heteroatoms. The molecule has 0 aliphatic carbocycles. The number of rotatable bonds is 6. The molecule has 0 unspecified atom stereocenters. The Labute approximate surface area is 112 Å². The molecule has 0 aliphatic heterocycles. The van der Waals surface area contributed by atoms with Crippen molar-refractivity contribution in [1.82, 2.24) is 20.3 Å². The molecule has 0 bridgehead atoms. The van der Waals surface area contributed by atoms with Crippen molar-refractivity contribution in [2.75, 3.05) is 14.2 Å². The molecule has 0 aliphatic rings. The van der Waals surface area contributed by atoms with Gasteiger partial charge in [-0.3, -0.25) is 4.68 Å². The molecule has 1 heterocycles. The molecule has 2 rings (SSSR count). The zero-order valence-corrected chi connectivity index (χ0v) is 11.4. The van der Waals surface area contributed by atoms with Gasteiger partial charge in [0.1, 0.15) is 12.3 Å². The molecule has 1 N–H and O–H groups in total. The third-order valence-corrected chi connectivity index (χ3v) is 2.63. The van der Waals surface area contributed by atoms with Gasteiger partial charge in [-0.05, 0) is 24.7 Å². The lowest BCUT2D eigenvalue weighted by atomic mass is 10.2. The third kappa shape index (κ3) is 3.45. The summed E-state index contributed by atoms with van der Waals surface area (Å²) in [6.45, 7) is 1.15. The van der Waals surface area contributed by atoms with E-state index in [9.17, 15) is 0 Å². The van der Waals surface area contributed by atoms with Gasteiger partial charge in [0.15, 0.2) is 11.5 Å². The van der Waals surface area contributed by atoms with Crippen molar-refractivity contribution in [3.05, 3.63) is 35.7 Å². The number of benzene rings is 1. The number of aromatic nitrogens is 3. The second-order valence-corrected chi connectivity index (χ2v) is 4.19. The molecular weight excluding hydrogens is 244 g/mol. The van der Waals surface area contributed by atoms with E-state index in [1.165, 1.54) is 0 Å². The van der Waals surface area contributed by atoms with Crippen LogP contribution in [0.4, 0.5) is 0 Å². The van der Waals surface area contributed by atoms with Gasteiger partial charge < -0.3 is 14.8 Å². The molecule has 19 heavy (non-hydrogen) atoms. The van der Waals surface area contributed by atoms with Crippen LogP contribution in [0.3, 0.4) is 0 Å². The number of hydrogen-bond acceptors (Lipinski definition) is 5. The molecule has 0 saturated heterocycles. The first kappa shape index (κ1) is 13.4. The molecule has 0 spiro atoms. The highest BCUT2D eigenvalue weighted by Crippen LogP contribution is 2.28. The standard InChI is InChI=1S/C13H18N4O2/c1-14-7-10-4-5-12(18-3)13(6-10)19-9-11-8-17(2)16-15-11/h4-6,8,14H,7,9H2,1-3H3. The fourth-order valence-corrected chi connectivity index (χ4v) is 1.76. The van der Waals surface area contributed by atoms with E-state index >= 15 is 0 Å². The van der Waals surface area contributed by atoms with Crippen LogP contribution in [0.2, 0.25) is 0 Å². The summed E-state index contributed by atoms with van der Waals surface area (Å²) < 4.78 is 12.7. The summed E-state index contributed by atoms with van der Waals surface area (Å²) in [4.78, 5) is 0. The van der Waals surface area contributed by atoms with Gasteiger partial charge in [0.05, 0.1) is 13.3 Å². The lowest BCUT2D eigenvalue weighted by molar-refractivity contribution is 0.280. The van der Waals surface area contributed by atoms with Gasteiger partial charge in [0, 0.05) is 13.6 Å². The van der Waals surface area contributed by atoms with Gasteiger partial charge in [0.2, 0.25) is 0 Å². The lowest BCUT2D eigenvalue weighted by Crippen LogP contribution is -2.06. The van der Waals surface area contributed by atoms with E-state index in [2.05, 4.69) is 15.6 Å². The Morgan fingerprint density at radius 3 is 2.79 bits per heavy atom. The maximum atomic E-state index is 5.75. The van der Waals surface area contributed by atoms with Crippen molar-refractivity contribution >= 4 is 0 Å². The summed E-state index contributed by atoms with van der Waals surface area (Å²) >= 11 is 0. The molecule has 1 aromatic heterocycles. The SMILES string of the molecule is CNCc1ccc(OC)c(OCc2cn(C)nn2)c1. The maximum Gasteiger partial charge on any atom is 0.162 e.